The van der Waals surface area contributed by atoms with Crippen LogP contribution >= 0.6 is 23.2 Å². The number of rotatable bonds is 7. The Balaban J connectivity index is 1.46. The molecule has 0 bridgehead atoms. The molecule has 13 heteroatoms. The van der Waals surface area contributed by atoms with Crippen molar-refractivity contribution >= 4 is 40.8 Å². The second-order valence-corrected chi connectivity index (χ2v) is 8.72. The van der Waals surface area contributed by atoms with Crippen molar-refractivity contribution in [3.8, 4) is 16.9 Å². The highest BCUT2D eigenvalue weighted by atomic mass is 35.5. The molecule has 0 aliphatic rings. The van der Waals surface area contributed by atoms with Gasteiger partial charge in [0.25, 0.3) is 11.8 Å². The molecule has 0 fully saturated rings. The fourth-order valence-electron chi connectivity index (χ4n) is 3.56. The molecule has 2 amide bonds. The second-order valence-electron chi connectivity index (χ2n) is 7.90. The molecule has 0 atom stereocenters. The zero-order valence-corrected chi connectivity index (χ0v) is 20.8. The molecule has 5 aromatic rings. The third kappa shape index (κ3) is 5.38. The van der Waals surface area contributed by atoms with Crippen LogP contribution in [0.4, 0.5) is 10.2 Å². The van der Waals surface area contributed by atoms with E-state index in [9.17, 15) is 14.0 Å². The molecule has 38 heavy (non-hydrogen) atoms. The van der Waals surface area contributed by atoms with E-state index in [1.54, 1.807) is 24.3 Å². The van der Waals surface area contributed by atoms with E-state index in [4.69, 9.17) is 23.2 Å². The highest BCUT2D eigenvalue weighted by Gasteiger charge is 2.21. The summed E-state index contributed by atoms with van der Waals surface area (Å²) in [6, 6.07) is 16.0. The van der Waals surface area contributed by atoms with Crippen LogP contribution in [-0.4, -0.2) is 41.8 Å². The van der Waals surface area contributed by atoms with Gasteiger partial charge in [-0.2, -0.15) is 10.2 Å². The first-order chi connectivity index (χ1) is 18.4. The van der Waals surface area contributed by atoms with Gasteiger partial charge in [0.05, 0.1) is 39.7 Å². The third-order valence-electron chi connectivity index (χ3n) is 5.37. The Kier molecular flexibility index (Phi) is 7.11. The van der Waals surface area contributed by atoms with E-state index >= 15 is 0 Å². The lowest BCUT2D eigenvalue weighted by Crippen LogP contribution is -2.24. The largest absolute Gasteiger partial charge is 0.343 e. The minimum Gasteiger partial charge on any atom is -0.343 e. The van der Waals surface area contributed by atoms with E-state index in [0.717, 1.165) is 6.20 Å². The van der Waals surface area contributed by atoms with E-state index in [0.29, 0.717) is 22.8 Å². The molecule has 190 valence electrons. The normalized spacial score (nSPS) is 10.8. The zero-order chi connectivity index (χ0) is 26.6. The number of anilines is 1. The lowest BCUT2D eigenvalue weighted by molar-refractivity contribution is 0.0943. The molecule has 0 radical (unpaired) electrons. The van der Waals surface area contributed by atoms with Crippen molar-refractivity contribution in [2.45, 2.75) is 6.54 Å². The van der Waals surface area contributed by atoms with Gasteiger partial charge in [0.2, 0.25) is 0 Å². The molecule has 3 heterocycles. The molecule has 0 unspecified atom stereocenters. The average molecular weight is 551 g/mol. The molecule has 0 spiro atoms. The van der Waals surface area contributed by atoms with Crippen molar-refractivity contribution in [1.29, 1.82) is 0 Å². The van der Waals surface area contributed by atoms with E-state index < -0.39 is 17.6 Å². The summed E-state index contributed by atoms with van der Waals surface area (Å²) in [6.07, 6.45) is 2.38. The van der Waals surface area contributed by atoms with Crippen molar-refractivity contribution in [1.82, 2.24) is 35.3 Å². The van der Waals surface area contributed by atoms with Crippen molar-refractivity contribution in [2.75, 3.05) is 5.32 Å². The SMILES string of the molecule is O=C(NCc1ncn[nH]1)c1cc(NC(=O)c2cc(-c3ccc(F)cn3)c(Cl)cc2Cl)n(-c2ccccc2)n1. The summed E-state index contributed by atoms with van der Waals surface area (Å²) in [6.45, 7) is 0.110. The maximum Gasteiger partial charge on any atom is 0.272 e. The molecule has 0 aliphatic heterocycles. The Morgan fingerprint density at radius 3 is 2.50 bits per heavy atom. The Hall–Kier alpha value is -4.61. The van der Waals surface area contributed by atoms with Crippen molar-refractivity contribution in [3.63, 3.8) is 0 Å². The molecule has 0 saturated carbocycles. The van der Waals surface area contributed by atoms with E-state index in [1.807, 2.05) is 6.07 Å². The fourth-order valence-corrected chi connectivity index (χ4v) is 4.12. The fraction of sp³-hybridized carbons (Fsp3) is 0.0400. The Morgan fingerprint density at radius 1 is 0.974 bits per heavy atom. The Bertz CT molecular complexity index is 1610. The van der Waals surface area contributed by atoms with Crippen LogP contribution in [0.1, 0.15) is 26.7 Å². The average Bonchev–Trinajstić information content (AvgIpc) is 3.59. The molecule has 3 N–H and O–H groups in total. The smallest absolute Gasteiger partial charge is 0.272 e. The monoisotopic (exact) mass is 550 g/mol. The quantitative estimate of drug-likeness (QED) is 0.269. The number of nitrogens with one attached hydrogen (secondary N) is 3. The summed E-state index contributed by atoms with van der Waals surface area (Å²) in [5, 5.41) is 16.6. The molecular weight excluding hydrogens is 534 g/mol. The van der Waals surface area contributed by atoms with Gasteiger partial charge in [-0.05, 0) is 36.4 Å². The number of amides is 2. The topological polar surface area (TPSA) is 130 Å². The number of halogens is 3. The Morgan fingerprint density at radius 2 is 1.79 bits per heavy atom. The number of benzene rings is 2. The van der Waals surface area contributed by atoms with Crippen LogP contribution in [0.5, 0.6) is 0 Å². The minimum absolute atomic E-state index is 0.0575. The van der Waals surface area contributed by atoms with Gasteiger partial charge in [0, 0.05) is 11.6 Å². The molecule has 0 aliphatic carbocycles. The van der Waals surface area contributed by atoms with Crippen molar-refractivity contribution in [2.24, 2.45) is 0 Å². The lowest BCUT2D eigenvalue weighted by Gasteiger charge is -2.12. The van der Waals surface area contributed by atoms with E-state index in [-0.39, 0.29) is 33.7 Å². The summed E-state index contributed by atoms with van der Waals surface area (Å²) >= 11 is 12.7. The van der Waals surface area contributed by atoms with Crippen molar-refractivity contribution in [3.05, 3.63) is 106 Å². The predicted molar refractivity (Wildman–Crippen MR) is 139 cm³/mol. The molecule has 2 aromatic carbocycles. The van der Waals surface area contributed by atoms with Crippen LogP contribution in [0.3, 0.4) is 0 Å². The highest BCUT2D eigenvalue weighted by Crippen LogP contribution is 2.32. The predicted octanol–water partition coefficient (Wildman–Crippen LogP) is 4.68. The molecule has 3 aromatic heterocycles. The first-order valence-corrected chi connectivity index (χ1v) is 11.8. The van der Waals surface area contributed by atoms with Gasteiger partial charge in [0.15, 0.2) is 5.69 Å². The summed E-state index contributed by atoms with van der Waals surface area (Å²) in [5.41, 5.74) is 1.51. The van der Waals surface area contributed by atoms with Crippen LogP contribution in [0.15, 0.2) is 73.2 Å². The third-order valence-corrected chi connectivity index (χ3v) is 6.00. The lowest BCUT2D eigenvalue weighted by atomic mass is 10.1. The number of para-hydroxylation sites is 1. The number of carbonyl (C=O) groups is 2. The molecule has 0 saturated heterocycles. The van der Waals surface area contributed by atoms with Gasteiger partial charge < -0.3 is 10.6 Å². The number of aromatic nitrogens is 6. The van der Waals surface area contributed by atoms with E-state index in [1.165, 1.54) is 41.3 Å². The van der Waals surface area contributed by atoms with Gasteiger partial charge >= 0.3 is 0 Å². The highest BCUT2D eigenvalue weighted by molar-refractivity contribution is 6.38. The van der Waals surface area contributed by atoms with Gasteiger partial charge in [-0.15, -0.1) is 0 Å². The second kappa shape index (κ2) is 10.8. The number of hydrogen-bond acceptors (Lipinski definition) is 6. The van der Waals surface area contributed by atoms with Gasteiger partial charge in [-0.25, -0.2) is 14.1 Å². The van der Waals surface area contributed by atoms with Crippen LogP contribution < -0.4 is 10.6 Å². The standard InChI is InChI=1S/C25H17Cl2FN8O2/c26-18-9-19(27)17(8-16(18)20-7-6-14(28)11-29-20)24(37)33-23-10-21(25(38)30-12-22-31-13-32-34-22)35-36(23)15-4-2-1-3-5-15/h1-11,13H,12H2,(H,30,38)(H,33,37)(H,31,32,34). The maximum atomic E-state index is 13.3. The number of pyridine rings is 1. The van der Waals surface area contributed by atoms with Crippen LogP contribution in [0.2, 0.25) is 10.0 Å². The first kappa shape index (κ1) is 25.1. The van der Waals surface area contributed by atoms with Gasteiger partial charge in [-0.1, -0.05) is 41.4 Å². The van der Waals surface area contributed by atoms with Gasteiger partial charge in [0.1, 0.15) is 23.8 Å². The van der Waals surface area contributed by atoms with Crippen LogP contribution in [0.25, 0.3) is 16.9 Å². The summed E-state index contributed by atoms with van der Waals surface area (Å²) in [7, 11) is 0. The first-order valence-electron chi connectivity index (χ1n) is 11.1. The minimum atomic E-state index is -0.583. The number of H-pyrrole nitrogens is 1. The van der Waals surface area contributed by atoms with Crippen LogP contribution in [0, 0.1) is 5.82 Å². The zero-order valence-electron chi connectivity index (χ0n) is 19.3. The molecular formula is C25H17Cl2FN8O2. The summed E-state index contributed by atoms with van der Waals surface area (Å²) in [5.74, 6) is -0.884. The summed E-state index contributed by atoms with van der Waals surface area (Å²) < 4.78 is 14.8. The van der Waals surface area contributed by atoms with Crippen molar-refractivity contribution < 1.29 is 14.0 Å². The molecule has 10 nitrogen and oxygen atoms in total. The number of carbonyl (C=O) groups excluding carboxylic acids is 2. The number of hydrogen-bond donors (Lipinski definition) is 3. The number of aromatic amines is 1. The van der Waals surface area contributed by atoms with E-state index in [2.05, 4.69) is 35.9 Å². The summed E-state index contributed by atoms with van der Waals surface area (Å²) in [4.78, 5) is 34.1. The maximum absolute atomic E-state index is 13.3. The van der Waals surface area contributed by atoms with Crippen LogP contribution in [-0.2, 0) is 6.54 Å². The number of nitrogens with zero attached hydrogens (tertiary/aromatic N) is 5. The Labute approximate surface area is 224 Å². The molecule has 5 rings (SSSR count). The van der Waals surface area contributed by atoms with Gasteiger partial charge in [-0.3, -0.25) is 19.7 Å².